The molecule has 2 rings (SSSR count). The van der Waals surface area contributed by atoms with Crippen LogP contribution in [0, 0.1) is 11.8 Å². The van der Waals surface area contributed by atoms with E-state index in [0.717, 1.165) is 24.4 Å². The summed E-state index contributed by atoms with van der Waals surface area (Å²) in [4.78, 5) is 0. The van der Waals surface area contributed by atoms with Crippen molar-refractivity contribution in [1.82, 2.24) is 5.32 Å². The van der Waals surface area contributed by atoms with Gasteiger partial charge >= 0.3 is 0 Å². The molecule has 0 amide bonds. The molecule has 2 atom stereocenters. The molecular weight excluding hydrogens is 265 g/mol. The minimum atomic E-state index is 0.499. The van der Waals surface area contributed by atoms with Crippen molar-refractivity contribution in [2.75, 3.05) is 6.54 Å². The van der Waals surface area contributed by atoms with Gasteiger partial charge in [0.25, 0.3) is 0 Å². The van der Waals surface area contributed by atoms with Crippen LogP contribution < -0.4 is 5.32 Å². The van der Waals surface area contributed by atoms with Gasteiger partial charge in [0.15, 0.2) is 0 Å². The first kappa shape index (κ1) is 14.2. The number of rotatable bonds is 6. The molecule has 1 fully saturated rings. The van der Waals surface area contributed by atoms with Gasteiger partial charge in [-0.25, -0.2) is 0 Å². The maximum Gasteiger partial charge on any atom is 0.0624 e. The predicted octanol–water partition coefficient (Wildman–Crippen LogP) is 4.56. The van der Waals surface area contributed by atoms with E-state index in [2.05, 4.69) is 25.2 Å². The Kier molecular flexibility index (Phi) is 4.94. The number of likely N-dealkylation sites (N-methyl/N-ethyl adjacent to an activating group) is 1. The number of hydrogen-bond acceptors (Lipinski definition) is 1. The van der Waals surface area contributed by atoms with Crippen molar-refractivity contribution in [2.45, 2.75) is 39.2 Å². The number of halogens is 2. The van der Waals surface area contributed by atoms with Crippen LogP contribution in [-0.2, 0) is 6.42 Å². The summed E-state index contributed by atoms with van der Waals surface area (Å²) >= 11 is 12.4. The van der Waals surface area contributed by atoms with E-state index in [-0.39, 0.29) is 0 Å². The lowest BCUT2D eigenvalue weighted by Gasteiger charge is -2.25. The average Bonchev–Trinajstić information content (AvgIpc) is 3.17. The van der Waals surface area contributed by atoms with E-state index in [1.54, 1.807) is 0 Å². The molecule has 2 unspecified atom stereocenters. The minimum absolute atomic E-state index is 0.499. The van der Waals surface area contributed by atoms with Gasteiger partial charge in [0.2, 0.25) is 0 Å². The summed E-state index contributed by atoms with van der Waals surface area (Å²) in [5, 5.41) is 4.97. The summed E-state index contributed by atoms with van der Waals surface area (Å²) in [5.41, 5.74) is 1.16. The van der Waals surface area contributed by atoms with Crippen LogP contribution in [-0.4, -0.2) is 12.6 Å². The first-order valence-corrected chi connectivity index (χ1v) is 7.55. The van der Waals surface area contributed by atoms with Crippen LogP contribution in [0.15, 0.2) is 18.2 Å². The Morgan fingerprint density at radius 3 is 2.67 bits per heavy atom. The molecule has 0 heterocycles. The molecule has 1 nitrogen and oxygen atoms in total. The van der Waals surface area contributed by atoms with Crippen LogP contribution in [0.4, 0.5) is 0 Å². The van der Waals surface area contributed by atoms with Gasteiger partial charge in [-0.1, -0.05) is 49.2 Å². The van der Waals surface area contributed by atoms with Crippen molar-refractivity contribution in [3.05, 3.63) is 33.8 Å². The Hall–Kier alpha value is -0.240. The summed E-state index contributed by atoms with van der Waals surface area (Å²) in [5.74, 6) is 1.60. The van der Waals surface area contributed by atoms with Crippen molar-refractivity contribution >= 4 is 23.2 Å². The molecule has 3 heteroatoms. The largest absolute Gasteiger partial charge is 0.314 e. The standard InChI is InChI=1S/C15H21Cl2N/c1-3-18-14(10(2)11-7-8-11)9-12-5-4-6-13(16)15(12)17/h4-6,10-11,14,18H,3,7-9H2,1-2H3. The summed E-state index contributed by atoms with van der Waals surface area (Å²) in [6, 6.07) is 6.41. The molecule has 1 aromatic rings. The second-order valence-electron chi connectivity index (χ2n) is 5.28. The smallest absolute Gasteiger partial charge is 0.0624 e. The minimum Gasteiger partial charge on any atom is -0.314 e. The zero-order valence-corrected chi connectivity index (χ0v) is 12.6. The van der Waals surface area contributed by atoms with Gasteiger partial charge in [-0.3, -0.25) is 0 Å². The molecule has 18 heavy (non-hydrogen) atoms. The number of benzene rings is 1. The normalized spacial score (nSPS) is 18.7. The molecule has 1 aliphatic carbocycles. The van der Waals surface area contributed by atoms with Crippen molar-refractivity contribution < 1.29 is 0 Å². The van der Waals surface area contributed by atoms with Crippen molar-refractivity contribution in [3.8, 4) is 0 Å². The molecule has 1 aliphatic rings. The van der Waals surface area contributed by atoms with Crippen LogP contribution >= 0.6 is 23.2 Å². The van der Waals surface area contributed by atoms with E-state index in [0.29, 0.717) is 22.0 Å². The van der Waals surface area contributed by atoms with Crippen LogP contribution in [0.5, 0.6) is 0 Å². The number of hydrogen-bond donors (Lipinski definition) is 1. The molecule has 100 valence electrons. The predicted molar refractivity (Wildman–Crippen MR) is 79.5 cm³/mol. The Bertz CT molecular complexity index is 401. The fraction of sp³-hybridized carbons (Fsp3) is 0.600. The van der Waals surface area contributed by atoms with Gasteiger partial charge in [0, 0.05) is 6.04 Å². The van der Waals surface area contributed by atoms with Gasteiger partial charge in [0.1, 0.15) is 0 Å². The average molecular weight is 286 g/mol. The maximum atomic E-state index is 6.28. The van der Waals surface area contributed by atoms with Crippen LogP contribution in [0.2, 0.25) is 10.0 Å². The highest BCUT2D eigenvalue weighted by Crippen LogP contribution is 2.39. The third kappa shape index (κ3) is 3.40. The van der Waals surface area contributed by atoms with Crippen LogP contribution in [0.3, 0.4) is 0 Å². The summed E-state index contributed by atoms with van der Waals surface area (Å²) < 4.78 is 0. The molecule has 0 aromatic heterocycles. The molecule has 0 bridgehead atoms. The van der Waals surface area contributed by atoms with E-state index in [4.69, 9.17) is 23.2 Å². The molecule has 0 saturated heterocycles. The lowest BCUT2D eigenvalue weighted by atomic mass is 9.91. The van der Waals surface area contributed by atoms with Crippen molar-refractivity contribution in [2.24, 2.45) is 11.8 Å². The highest BCUT2D eigenvalue weighted by Gasteiger charge is 2.33. The fourth-order valence-electron chi connectivity index (χ4n) is 2.60. The maximum absolute atomic E-state index is 6.28. The van der Waals surface area contributed by atoms with Crippen LogP contribution in [0.1, 0.15) is 32.3 Å². The Morgan fingerprint density at radius 2 is 2.06 bits per heavy atom. The second-order valence-corrected chi connectivity index (χ2v) is 6.06. The van der Waals surface area contributed by atoms with Gasteiger partial charge in [-0.2, -0.15) is 0 Å². The monoisotopic (exact) mass is 285 g/mol. The van der Waals surface area contributed by atoms with Gasteiger partial charge in [0.05, 0.1) is 10.0 Å². The topological polar surface area (TPSA) is 12.0 Å². The van der Waals surface area contributed by atoms with E-state index < -0.39 is 0 Å². The molecule has 1 aromatic carbocycles. The van der Waals surface area contributed by atoms with Gasteiger partial charge < -0.3 is 5.32 Å². The summed E-state index contributed by atoms with van der Waals surface area (Å²) in [6.07, 6.45) is 3.73. The van der Waals surface area contributed by atoms with Crippen LogP contribution in [0.25, 0.3) is 0 Å². The van der Waals surface area contributed by atoms with Gasteiger partial charge in [-0.15, -0.1) is 0 Å². The molecule has 1 N–H and O–H groups in total. The summed E-state index contributed by atoms with van der Waals surface area (Å²) in [7, 11) is 0. The quantitative estimate of drug-likeness (QED) is 0.808. The SMILES string of the molecule is CCNC(Cc1cccc(Cl)c1Cl)C(C)C1CC1. The Morgan fingerprint density at radius 1 is 1.33 bits per heavy atom. The van der Waals surface area contributed by atoms with Crippen molar-refractivity contribution in [3.63, 3.8) is 0 Å². The third-order valence-electron chi connectivity index (χ3n) is 3.94. The Labute approximate surface area is 120 Å². The van der Waals surface area contributed by atoms with Crippen molar-refractivity contribution in [1.29, 1.82) is 0 Å². The molecule has 0 radical (unpaired) electrons. The lowest BCUT2D eigenvalue weighted by molar-refractivity contribution is 0.344. The first-order valence-electron chi connectivity index (χ1n) is 6.79. The zero-order valence-electron chi connectivity index (χ0n) is 11.0. The van der Waals surface area contributed by atoms with E-state index in [1.165, 1.54) is 12.8 Å². The highest BCUT2D eigenvalue weighted by atomic mass is 35.5. The molecular formula is C15H21Cl2N. The van der Waals surface area contributed by atoms with Gasteiger partial charge in [-0.05, 0) is 49.3 Å². The highest BCUT2D eigenvalue weighted by molar-refractivity contribution is 6.42. The summed E-state index contributed by atoms with van der Waals surface area (Å²) in [6.45, 7) is 5.51. The number of nitrogens with one attached hydrogen (secondary N) is 1. The molecule has 0 spiro atoms. The lowest BCUT2D eigenvalue weighted by Crippen LogP contribution is -2.37. The fourth-order valence-corrected chi connectivity index (χ4v) is 3.00. The molecule has 0 aliphatic heterocycles. The third-order valence-corrected chi connectivity index (χ3v) is 4.80. The molecule has 1 saturated carbocycles. The van der Waals surface area contributed by atoms with E-state index >= 15 is 0 Å². The van der Waals surface area contributed by atoms with E-state index in [9.17, 15) is 0 Å². The first-order chi connectivity index (χ1) is 8.63. The van der Waals surface area contributed by atoms with E-state index in [1.807, 2.05) is 12.1 Å². The zero-order chi connectivity index (χ0) is 13.1. The Balaban J connectivity index is 2.09. The second kappa shape index (κ2) is 6.27.